The van der Waals surface area contributed by atoms with Gasteiger partial charge in [-0.15, -0.1) is 0 Å². The van der Waals surface area contributed by atoms with Crippen LogP contribution in [0.5, 0.6) is 0 Å². The Balaban J connectivity index is 1.06. The predicted octanol–water partition coefficient (Wildman–Crippen LogP) is 5.32. The normalized spacial score (nSPS) is 17.2. The van der Waals surface area contributed by atoms with Crippen LogP contribution < -0.4 is 5.32 Å². The molecule has 3 heterocycles. The Morgan fingerprint density at radius 1 is 1.00 bits per heavy atom. The molecule has 1 saturated carbocycles. The van der Waals surface area contributed by atoms with Crippen LogP contribution in [0.15, 0.2) is 39.4 Å². The Hall–Kier alpha value is -2.67. The molecule has 0 bridgehead atoms. The van der Waals surface area contributed by atoms with E-state index in [1.54, 1.807) is 0 Å². The van der Waals surface area contributed by atoms with Crippen molar-refractivity contribution in [1.82, 2.24) is 15.1 Å². The molecule has 0 amide bonds. The fraction of sp³-hybridized carbons (Fsp3) is 0.542. The van der Waals surface area contributed by atoms with E-state index in [-0.39, 0.29) is 0 Å². The molecular formula is C24H30N4O3. The number of aryl methyl sites for hydroxylation is 1. The molecule has 1 saturated heterocycles. The smallest absolute Gasteiger partial charge is 0.226 e. The van der Waals surface area contributed by atoms with Gasteiger partial charge in [-0.25, -0.2) is 4.98 Å². The van der Waals surface area contributed by atoms with Crippen LogP contribution in [0.25, 0.3) is 11.3 Å². The SMILES string of the molecule is c1cc(NCCCCCc2nc(C3CC3)no2)cc(-c2cnc(C3CCOCC3)o2)c1. The van der Waals surface area contributed by atoms with Gasteiger partial charge in [-0.3, -0.25) is 0 Å². The predicted molar refractivity (Wildman–Crippen MR) is 117 cm³/mol. The topological polar surface area (TPSA) is 86.2 Å². The number of oxazole rings is 1. The molecule has 3 aromatic rings. The van der Waals surface area contributed by atoms with Crippen LogP contribution in [0.1, 0.15) is 74.4 Å². The number of anilines is 1. The molecule has 2 aromatic heterocycles. The monoisotopic (exact) mass is 422 g/mol. The van der Waals surface area contributed by atoms with E-state index in [1.165, 1.54) is 12.8 Å². The number of ether oxygens (including phenoxy) is 1. The first-order chi connectivity index (χ1) is 15.3. The summed E-state index contributed by atoms with van der Waals surface area (Å²) in [6, 6.07) is 8.35. The van der Waals surface area contributed by atoms with Crippen molar-refractivity contribution < 1.29 is 13.7 Å². The minimum Gasteiger partial charge on any atom is -0.440 e. The molecule has 7 nitrogen and oxygen atoms in total. The fourth-order valence-corrected chi connectivity index (χ4v) is 4.02. The highest BCUT2D eigenvalue weighted by molar-refractivity contribution is 5.63. The van der Waals surface area contributed by atoms with Gasteiger partial charge >= 0.3 is 0 Å². The van der Waals surface area contributed by atoms with Crippen LogP contribution in [0, 0.1) is 0 Å². The lowest BCUT2D eigenvalue weighted by Gasteiger charge is -2.18. The Kier molecular flexibility index (Phi) is 6.30. The summed E-state index contributed by atoms with van der Waals surface area (Å²) in [4.78, 5) is 9.02. The number of hydrogen-bond acceptors (Lipinski definition) is 7. The lowest BCUT2D eigenvalue weighted by Crippen LogP contribution is -2.14. The molecule has 1 aromatic carbocycles. The highest BCUT2D eigenvalue weighted by atomic mass is 16.5. The van der Waals surface area contributed by atoms with Crippen molar-refractivity contribution in [1.29, 1.82) is 0 Å². The summed E-state index contributed by atoms with van der Waals surface area (Å²) in [5.41, 5.74) is 2.16. The van der Waals surface area contributed by atoms with E-state index >= 15 is 0 Å². The van der Waals surface area contributed by atoms with Crippen molar-refractivity contribution in [3.05, 3.63) is 48.1 Å². The van der Waals surface area contributed by atoms with Crippen molar-refractivity contribution in [2.24, 2.45) is 0 Å². The molecule has 0 spiro atoms. The summed E-state index contributed by atoms with van der Waals surface area (Å²) in [7, 11) is 0. The largest absolute Gasteiger partial charge is 0.440 e. The maximum Gasteiger partial charge on any atom is 0.226 e. The van der Waals surface area contributed by atoms with E-state index in [0.29, 0.717) is 11.8 Å². The van der Waals surface area contributed by atoms with Crippen molar-refractivity contribution in [3.8, 4) is 11.3 Å². The molecular weight excluding hydrogens is 392 g/mol. The molecule has 31 heavy (non-hydrogen) atoms. The Labute approximate surface area is 182 Å². The van der Waals surface area contributed by atoms with Gasteiger partial charge in [0.1, 0.15) is 0 Å². The summed E-state index contributed by atoms with van der Waals surface area (Å²) in [5, 5.41) is 7.60. The number of hydrogen-bond donors (Lipinski definition) is 1. The number of nitrogens with zero attached hydrogens (tertiary/aromatic N) is 3. The molecule has 1 N–H and O–H groups in total. The zero-order valence-corrected chi connectivity index (χ0v) is 17.9. The average molecular weight is 423 g/mol. The third kappa shape index (κ3) is 5.34. The third-order valence-corrected chi connectivity index (χ3v) is 6.06. The van der Waals surface area contributed by atoms with Gasteiger partial charge in [-0.1, -0.05) is 23.7 Å². The minimum absolute atomic E-state index is 0.372. The molecule has 0 unspecified atom stereocenters. The van der Waals surface area contributed by atoms with E-state index in [1.807, 2.05) is 6.20 Å². The maximum atomic E-state index is 6.07. The summed E-state index contributed by atoms with van der Waals surface area (Å²) in [5.74, 6) is 4.29. The third-order valence-electron chi connectivity index (χ3n) is 6.06. The number of unbranched alkanes of at least 4 members (excludes halogenated alkanes) is 2. The summed E-state index contributed by atoms with van der Waals surface area (Å²) < 4.78 is 16.8. The lowest BCUT2D eigenvalue weighted by atomic mass is 10.0. The van der Waals surface area contributed by atoms with Crippen LogP contribution in [-0.4, -0.2) is 34.9 Å². The number of rotatable bonds is 10. The second-order valence-electron chi connectivity index (χ2n) is 8.59. The summed E-state index contributed by atoms with van der Waals surface area (Å²) in [6.07, 6.45) is 10.4. The zero-order chi connectivity index (χ0) is 20.9. The van der Waals surface area contributed by atoms with Gasteiger partial charge in [0.05, 0.1) is 6.20 Å². The van der Waals surface area contributed by atoms with E-state index in [0.717, 1.165) is 92.9 Å². The highest BCUT2D eigenvalue weighted by Gasteiger charge is 2.28. The maximum absolute atomic E-state index is 6.07. The zero-order valence-electron chi connectivity index (χ0n) is 17.9. The number of aromatic nitrogens is 3. The van der Waals surface area contributed by atoms with Gasteiger partial charge in [0.2, 0.25) is 5.89 Å². The van der Waals surface area contributed by atoms with Gasteiger partial charge in [0.25, 0.3) is 0 Å². The van der Waals surface area contributed by atoms with Crippen molar-refractivity contribution >= 4 is 5.69 Å². The van der Waals surface area contributed by atoms with Gasteiger partial charge in [-0.2, -0.15) is 4.98 Å². The first-order valence-electron chi connectivity index (χ1n) is 11.6. The molecule has 0 atom stereocenters. The van der Waals surface area contributed by atoms with Gasteiger partial charge < -0.3 is 19.0 Å². The molecule has 2 aliphatic rings. The summed E-state index contributed by atoms with van der Waals surface area (Å²) >= 11 is 0. The van der Waals surface area contributed by atoms with E-state index < -0.39 is 0 Å². The number of benzene rings is 1. The van der Waals surface area contributed by atoms with Gasteiger partial charge in [-0.05, 0) is 50.7 Å². The van der Waals surface area contributed by atoms with Gasteiger partial charge in [0, 0.05) is 49.3 Å². The lowest BCUT2D eigenvalue weighted by molar-refractivity contribution is 0.0796. The van der Waals surface area contributed by atoms with E-state index in [2.05, 4.69) is 44.7 Å². The van der Waals surface area contributed by atoms with Crippen LogP contribution in [-0.2, 0) is 11.2 Å². The van der Waals surface area contributed by atoms with E-state index in [4.69, 9.17) is 13.7 Å². The standard InChI is InChI=1S/C24H30N4O3/c1(2-7-22-27-23(28-31-22)17-8-9-17)3-12-25-20-6-4-5-19(15-20)21-16-26-24(30-21)18-10-13-29-14-11-18/h4-6,15-18,25H,1-3,7-14H2. The number of nitrogens with one attached hydrogen (secondary N) is 1. The van der Waals surface area contributed by atoms with E-state index in [9.17, 15) is 0 Å². The molecule has 7 heteroatoms. The van der Waals surface area contributed by atoms with Crippen LogP contribution in [0.3, 0.4) is 0 Å². The summed E-state index contributed by atoms with van der Waals surface area (Å²) in [6.45, 7) is 2.51. The molecule has 0 radical (unpaired) electrons. The van der Waals surface area contributed by atoms with Crippen LogP contribution >= 0.6 is 0 Å². The second kappa shape index (κ2) is 9.64. The molecule has 2 fully saturated rings. The Morgan fingerprint density at radius 3 is 2.77 bits per heavy atom. The van der Waals surface area contributed by atoms with Crippen LogP contribution in [0.2, 0.25) is 0 Å². The Morgan fingerprint density at radius 2 is 1.90 bits per heavy atom. The van der Waals surface area contributed by atoms with Gasteiger partial charge in [0.15, 0.2) is 17.5 Å². The first-order valence-corrected chi connectivity index (χ1v) is 11.6. The molecule has 164 valence electrons. The van der Waals surface area contributed by atoms with Crippen molar-refractivity contribution in [3.63, 3.8) is 0 Å². The second-order valence-corrected chi connectivity index (χ2v) is 8.59. The molecule has 1 aliphatic carbocycles. The highest BCUT2D eigenvalue weighted by Crippen LogP contribution is 2.38. The quantitative estimate of drug-likeness (QED) is 0.442. The minimum atomic E-state index is 0.372. The Bertz CT molecular complexity index is 973. The first kappa shape index (κ1) is 20.2. The van der Waals surface area contributed by atoms with Crippen molar-refractivity contribution in [2.75, 3.05) is 25.1 Å². The van der Waals surface area contributed by atoms with Crippen molar-refractivity contribution in [2.45, 2.75) is 63.2 Å². The average Bonchev–Trinajstić information content (AvgIpc) is 3.35. The molecule has 1 aliphatic heterocycles. The van der Waals surface area contributed by atoms with Crippen LogP contribution in [0.4, 0.5) is 5.69 Å². The molecule has 5 rings (SSSR count). The fourth-order valence-electron chi connectivity index (χ4n) is 4.02.